The van der Waals surface area contributed by atoms with Gasteiger partial charge in [-0.15, -0.1) is 0 Å². The Labute approximate surface area is 113 Å². The van der Waals surface area contributed by atoms with Crippen molar-refractivity contribution in [2.24, 2.45) is 0 Å². The molecule has 0 bridgehead atoms. The number of nitrogens with zero attached hydrogens (tertiary/aromatic N) is 3. The fourth-order valence-electron chi connectivity index (χ4n) is 2.25. The van der Waals surface area contributed by atoms with E-state index >= 15 is 0 Å². The van der Waals surface area contributed by atoms with E-state index in [0.717, 1.165) is 31.6 Å². The van der Waals surface area contributed by atoms with Gasteiger partial charge in [-0.05, 0) is 31.0 Å². The summed E-state index contributed by atoms with van der Waals surface area (Å²) in [5.74, 6) is 0.142. The molecule has 0 radical (unpaired) electrons. The van der Waals surface area contributed by atoms with Crippen molar-refractivity contribution in [1.82, 2.24) is 4.90 Å². The maximum absolute atomic E-state index is 12.0. The van der Waals surface area contributed by atoms with Crippen molar-refractivity contribution in [1.29, 1.82) is 5.26 Å². The molecule has 0 atom stereocenters. The molecule has 100 valence electrons. The molecule has 0 aromatic heterocycles. The molecular weight excluding hydrogens is 240 g/mol. The molecular formula is C14H18N4O. The van der Waals surface area contributed by atoms with Gasteiger partial charge >= 0.3 is 0 Å². The zero-order valence-electron chi connectivity index (χ0n) is 11.1. The van der Waals surface area contributed by atoms with E-state index in [-0.39, 0.29) is 5.91 Å². The minimum atomic E-state index is 0.142. The highest BCUT2D eigenvalue weighted by Crippen LogP contribution is 2.20. The number of benzene rings is 1. The maximum atomic E-state index is 12.0. The Balaban J connectivity index is 2.03. The number of likely N-dealkylation sites (tertiary alicyclic amines) is 1. The zero-order valence-corrected chi connectivity index (χ0v) is 11.1. The molecule has 0 saturated carbocycles. The summed E-state index contributed by atoms with van der Waals surface area (Å²) in [6.07, 6.45) is 2.19. The van der Waals surface area contributed by atoms with Gasteiger partial charge in [0.25, 0.3) is 0 Å². The molecule has 1 aliphatic rings. The number of nitriles is 1. The molecule has 1 fully saturated rings. The minimum Gasteiger partial charge on any atom is -0.398 e. The third-order valence-electron chi connectivity index (χ3n) is 3.43. The average molecular weight is 258 g/mol. The number of amides is 1. The monoisotopic (exact) mass is 258 g/mol. The lowest BCUT2D eigenvalue weighted by Gasteiger charge is -2.23. The molecule has 1 aromatic carbocycles. The van der Waals surface area contributed by atoms with Gasteiger partial charge < -0.3 is 15.5 Å². The van der Waals surface area contributed by atoms with Crippen LogP contribution in [0.3, 0.4) is 0 Å². The number of likely N-dealkylation sites (N-methyl/N-ethyl adjacent to an activating group) is 1. The Morgan fingerprint density at radius 3 is 2.74 bits per heavy atom. The van der Waals surface area contributed by atoms with Gasteiger partial charge in [-0.3, -0.25) is 4.79 Å². The Morgan fingerprint density at radius 1 is 1.47 bits per heavy atom. The number of nitrogen functional groups attached to an aromatic ring is 1. The first kappa shape index (κ1) is 13.2. The summed E-state index contributed by atoms with van der Waals surface area (Å²) < 4.78 is 0. The number of anilines is 2. The van der Waals surface area contributed by atoms with E-state index < -0.39 is 0 Å². The number of carbonyl (C=O) groups is 1. The van der Waals surface area contributed by atoms with E-state index in [4.69, 9.17) is 11.0 Å². The third-order valence-corrected chi connectivity index (χ3v) is 3.43. The van der Waals surface area contributed by atoms with E-state index in [0.29, 0.717) is 17.8 Å². The number of rotatable bonds is 3. The van der Waals surface area contributed by atoms with Crippen molar-refractivity contribution in [3.05, 3.63) is 23.8 Å². The van der Waals surface area contributed by atoms with Gasteiger partial charge in [-0.2, -0.15) is 5.26 Å². The molecule has 0 spiro atoms. The zero-order chi connectivity index (χ0) is 13.8. The SMILES string of the molecule is CN(CC(=O)N1CCCC1)c1ccc(C#N)c(N)c1. The number of nitrogens with two attached hydrogens (primary N) is 1. The normalized spacial score (nSPS) is 14.2. The second kappa shape index (κ2) is 5.61. The van der Waals surface area contributed by atoms with E-state index in [9.17, 15) is 4.79 Å². The standard InChI is InChI=1S/C14H18N4O/c1-17(10-14(19)18-6-2-3-7-18)12-5-4-11(9-15)13(16)8-12/h4-5,8H,2-3,6-7,10,16H2,1H3. The summed E-state index contributed by atoms with van der Waals surface area (Å²) in [6, 6.07) is 7.25. The van der Waals surface area contributed by atoms with E-state index in [2.05, 4.69) is 0 Å². The topological polar surface area (TPSA) is 73.4 Å². The van der Waals surface area contributed by atoms with Crippen molar-refractivity contribution in [3.63, 3.8) is 0 Å². The highest BCUT2D eigenvalue weighted by Gasteiger charge is 2.19. The van der Waals surface area contributed by atoms with Crippen LogP contribution in [0.25, 0.3) is 0 Å². The summed E-state index contributed by atoms with van der Waals surface area (Å²) in [4.78, 5) is 15.8. The molecule has 19 heavy (non-hydrogen) atoms. The van der Waals surface area contributed by atoms with Crippen LogP contribution in [0.2, 0.25) is 0 Å². The predicted octanol–water partition coefficient (Wildman–Crippen LogP) is 1.20. The summed E-state index contributed by atoms with van der Waals surface area (Å²) in [5, 5.41) is 8.83. The Morgan fingerprint density at radius 2 is 2.16 bits per heavy atom. The van der Waals surface area contributed by atoms with E-state index in [1.165, 1.54) is 0 Å². The van der Waals surface area contributed by atoms with Crippen LogP contribution in [0.1, 0.15) is 18.4 Å². The number of hydrogen-bond donors (Lipinski definition) is 1. The number of hydrogen-bond acceptors (Lipinski definition) is 4. The summed E-state index contributed by atoms with van der Waals surface area (Å²) >= 11 is 0. The molecule has 1 saturated heterocycles. The summed E-state index contributed by atoms with van der Waals surface area (Å²) in [5.41, 5.74) is 7.54. The summed E-state index contributed by atoms with van der Waals surface area (Å²) in [6.45, 7) is 2.07. The Bertz CT molecular complexity index is 515. The van der Waals surface area contributed by atoms with Gasteiger partial charge in [0.1, 0.15) is 6.07 Å². The Kier molecular flexibility index (Phi) is 3.91. The van der Waals surface area contributed by atoms with Crippen LogP contribution >= 0.6 is 0 Å². The molecule has 5 nitrogen and oxygen atoms in total. The van der Waals surface area contributed by atoms with Crippen molar-refractivity contribution >= 4 is 17.3 Å². The second-order valence-electron chi connectivity index (χ2n) is 4.83. The molecule has 5 heteroatoms. The van der Waals surface area contributed by atoms with Crippen molar-refractivity contribution in [2.45, 2.75) is 12.8 Å². The van der Waals surface area contributed by atoms with Gasteiger partial charge in [-0.1, -0.05) is 0 Å². The number of carbonyl (C=O) groups excluding carboxylic acids is 1. The lowest BCUT2D eigenvalue weighted by molar-refractivity contribution is -0.128. The van der Waals surface area contributed by atoms with Gasteiger partial charge in [0.2, 0.25) is 5.91 Å². The van der Waals surface area contributed by atoms with Crippen LogP contribution in [0.4, 0.5) is 11.4 Å². The largest absolute Gasteiger partial charge is 0.398 e. The van der Waals surface area contributed by atoms with Crippen molar-refractivity contribution in [2.75, 3.05) is 37.3 Å². The first-order valence-corrected chi connectivity index (χ1v) is 6.40. The smallest absolute Gasteiger partial charge is 0.242 e. The lowest BCUT2D eigenvalue weighted by Crippen LogP contribution is -2.37. The fraction of sp³-hybridized carbons (Fsp3) is 0.429. The fourth-order valence-corrected chi connectivity index (χ4v) is 2.25. The maximum Gasteiger partial charge on any atom is 0.242 e. The molecule has 2 rings (SSSR count). The van der Waals surface area contributed by atoms with Crippen molar-refractivity contribution < 1.29 is 4.79 Å². The van der Waals surface area contributed by atoms with Crippen LogP contribution < -0.4 is 10.6 Å². The molecule has 1 amide bonds. The van der Waals surface area contributed by atoms with Gasteiger partial charge in [0.05, 0.1) is 17.8 Å². The van der Waals surface area contributed by atoms with Gasteiger partial charge in [0.15, 0.2) is 0 Å². The van der Waals surface area contributed by atoms with Crippen LogP contribution in [-0.2, 0) is 4.79 Å². The highest BCUT2D eigenvalue weighted by atomic mass is 16.2. The van der Waals surface area contributed by atoms with Gasteiger partial charge in [0, 0.05) is 25.8 Å². The van der Waals surface area contributed by atoms with E-state index in [1.54, 1.807) is 12.1 Å². The van der Waals surface area contributed by atoms with E-state index in [1.807, 2.05) is 29.0 Å². The lowest BCUT2D eigenvalue weighted by atomic mass is 10.1. The van der Waals surface area contributed by atoms with Crippen molar-refractivity contribution in [3.8, 4) is 6.07 Å². The molecule has 2 N–H and O–H groups in total. The molecule has 0 unspecified atom stereocenters. The van der Waals surface area contributed by atoms with Crippen LogP contribution in [0, 0.1) is 11.3 Å². The minimum absolute atomic E-state index is 0.142. The molecule has 1 aromatic rings. The van der Waals surface area contributed by atoms with Crippen LogP contribution in [-0.4, -0.2) is 37.5 Å². The Hall–Kier alpha value is -2.22. The first-order valence-electron chi connectivity index (χ1n) is 6.40. The molecule has 0 aliphatic carbocycles. The molecule has 1 aliphatic heterocycles. The van der Waals surface area contributed by atoms with Crippen LogP contribution in [0.15, 0.2) is 18.2 Å². The quantitative estimate of drug-likeness (QED) is 0.827. The second-order valence-corrected chi connectivity index (χ2v) is 4.83. The summed E-state index contributed by atoms with van der Waals surface area (Å²) in [7, 11) is 1.86. The average Bonchev–Trinajstić information content (AvgIpc) is 2.92. The van der Waals surface area contributed by atoms with Gasteiger partial charge in [-0.25, -0.2) is 0 Å². The third kappa shape index (κ3) is 2.97. The predicted molar refractivity (Wildman–Crippen MR) is 74.7 cm³/mol. The first-order chi connectivity index (χ1) is 9.11. The van der Waals surface area contributed by atoms with Crippen LogP contribution in [0.5, 0.6) is 0 Å². The molecule has 1 heterocycles. The highest BCUT2D eigenvalue weighted by molar-refractivity contribution is 5.82.